The van der Waals surface area contributed by atoms with Crippen molar-refractivity contribution in [1.82, 2.24) is 9.88 Å². The second-order valence-corrected chi connectivity index (χ2v) is 9.26. The summed E-state index contributed by atoms with van der Waals surface area (Å²) in [4.78, 5) is 40.4. The normalized spacial score (nSPS) is 14.8. The van der Waals surface area contributed by atoms with E-state index in [-0.39, 0.29) is 23.1 Å². The summed E-state index contributed by atoms with van der Waals surface area (Å²) in [7, 11) is 0. The van der Waals surface area contributed by atoms with Crippen molar-refractivity contribution in [3.05, 3.63) is 101 Å². The van der Waals surface area contributed by atoms with E-state index in [1.807, 2.05) is 80.6 Å². The van der Waals surface area contributed by atoms with Crippen LogP contribution >= 0.6 is 12.2 Å². The van der Waals surface area contributed by atoms with E-state index in [9.17, 15) is 14.4 Å². The Kier molecular flexibility index (Phi) is 6.42. The van der Waals surface area contributed by atoms with Crippen LogP contribution in [0.4, 0.5) is 11.4 Å². The SMILES string of the molecule is Cc1ccc(N2C(=O)/C(=C\c3cn(CC(=O)Nc4ccccc4)c4ccccc34)C(=O)NC2=S)cc1C. The largest absolute Gasteiger partial charge is 0.337 e. The Labute approximate surface area is 219 Å². The number of anilines is 2. The van der Waals surface area contributed by atoms with Crippen molar-refractivity contribution in [2.75, 3.05) is 10.2 Å². The molecule has 184 valence electrons. The third-order valence-corrected chi connectivity index (χ3v) is 6.63. The van der Waals surface area contributed by atoms with E-state index in [0.717, 1.165) is 22.0 Å². The standard InChI is InChI=1S/C29H24N4O3S/c1-18-12-13-22(14-19(18)2)33-28(36)24(27(35)31-29(33)37)15-20-16-32(25-11-7-6-10-23(20)25)17-26(34)30-21-8-4-3-5-9-21/h3-16H,17H2,1-2H3,(H,30,34)(H,31,35,37)/b24-15-. The van der Waals surface area contributed by atoms with Gasteiger partial charge < -0.3 is 9.88 Å². The number of aryl methyl sites for hydroxylation is 2. The zero-order valence-corrected chi connectivity index (χ0v) is 21.1. The third-order valence-electron chi connectivity index (χ3n) is 6.34. The lowest BCUT2D eigenvalue weighted by Gasteiger charge is -2.29. The van der Waals surface area contributed by atoms with Crippen LogP contribution in [0.15, 0.2) is 84.6 Å². The Hall–Kier alpha value is -4.56. The number of nitrogens with one attached hydrogen (secondary N) is 2. The van der Waals surface area contributed by atoms with Crippen molar-refractivity contribution in [2.24, 2.45) is 0 Å². The Morgan fingerprint density at radius 1 is 0.973 bits per heavy atom. The number of hydrogen-bond acceptors (Lipinski definition) is 4. The maximum atomic E-state index is 13.5. The van der Waals surface area contributed by atoms with Gasteiger partial charge in [-0.05, 0) is 73.6 Å². The van der Waals surface area contributed by atoms with Gasteiger partial charge >= 0.3 is 0 Å². The van der Waals surface area contributed by atoms with Crippen molar-refractivity contribution in [2.45, 2.75) is 20.4 Å². The first-order valence-corrected chi connectivity index (χ1v) is 12.1. The molecule has 0 bridgehead atoms. The fourth-order valence-electron chi connectivity index (χ4n) is 4.31. The number of aromatic nitrogens is 1. The van der Waals surface area contributed by atoms with Crippen molar-refractivity contribution in [3.63, 3.8) is 0 Å². The number of fused-ring (bicyclic) bond motifs is 1. The first kappa shape index (κ1) is 24.1. The van der Waals surface area contributed by atoms with Crippen LogP contribution in [0.25, 0.3) is 17.0 Å². The van der Waals surface area contributed by atoms with E-state index in [0.29, 0.717) is 16.9 Å². The molecule has 2 N–H and O–H groups in total. The Bertz CT molecular complexity index is 1600. The molecule has 0 saturated carbocycles. The van der Waals surface area contributed by atoms with E-state index in [1.54, 1.807) is 22.9 Å². The van der Waals surface area contributed by atoms with Gasteiger partial charge in [0.15, 0.2) is 5.11 Å². The van der Waals surface area contributed by atoms with E-state index in [2.05, 4.69) is 10.6 Å². The summed E-state index contributed by atoms with van der Waals surface area (Å²) in [5.41, 5.74) is 4.80. The number of carbonyl (C=O) groups excluding carboxylic acids is 3. The predicted molar refractivity (Wildman–Crippen MR) is 149 cm³/mol. The summed E-state index contributed by atoms with van der Waals surface area (Å²) >= 11 is 5.34. The molecule has 3 aromatic carbocycles. The second kappa shape index (κ2) is 9.83. The first-order valence-electron chi connectivity index (χ1n) is 11.7. The fourth-order valence-corrected chi connectivity index (χ4v) is 4.59. The minimum Gasteiger partial charge on any atom is -0.337 e. The minimum atomic E-state index is -0.561. The molecule has 37 heavy (non-hydrogen) atoms. The molecule has 7 nitrogen and oxygen atoms in total. The maximum Gasteiger partial charge on any atom is 0.270 e. The van der Waals surface area contributed by atoms with Crippen molar-refractivity contribution < 1.29 is 14.4 Å². The van der Waals surface area contributed by atoms with Crippen molar-refractivity contribution in [1.29, 1.82) is 0 Å². The van der Waals surface area contributed by atoms with Crippen molar-refractivity contribution in [3.8, 4) is 0 Å². The molecular weight excluding hydrogens is 484 g/mol. The molecular formula is C29H24N4O3S. The van der Waals surface area contributed by atoms with E-state index >= 15 is 0 Å². The van der Waals surface area contributed by atoms with Crippen molar-refractivity contribution >= 4 is 63.4 Å². The van der Waals surface area contributed by atoms with Gasteiger partial charge in [-0.1, -0.05) is 42.5 Å². The highest BCUT2D eigenvalue weighted by Gasteiger charge is 2.34. The molecule has 2 heterocycles. The first-order chi connectivity index (χ1) is 17.8. The molecule has 0 unspecified atom stereocenters. The lowest BCUT2D eigenvalue weighted by atomic mass is 10.0. The van der Waals surface area contributed by atoms with Gasteiger partial charge in [-0.15, -0.1) is 0 Å². The van der Waals surface area contributed by atoms with Gasteiger partial charge in [0.2, 0.25) is 5.91 Å². The summed E-state index contributed by atoms with van der Waals surface area (Å²) in [6, 6.07) is 22.3. The monoisotopic (exact) mass is 508 g/mol. The van der Waals surface area contributed by atoms with Gasteiger partial charge in [-0.25, -0.2) is 0 Å². The number of hydrogen-bond donors (Lipinski definition) is 2. The number of rotatable bonds is 5. The highest BCUT2D eigenvalue weighted by molar-refractivity contribution is 7.80. The van der Waals surface area contributed by atoms with Crippen LogP contribution in [0.3, 0.4) is 0 Å². The number of carbonyl (C=O) groups is 3. The van der Waals surface area contributed by atoms with Gasteiger partial charge in [0, 0.05) is 28.4 Å². The van der Waals surface area contributed by atoms with Crippen LogP contribution in [0.5, 0.6) is 0 Å². The summed E-state index contributed by atoms with van der Waals surface area (Å²) in [5, 5.41) is 6.37. The topological polar surface area (TPSA) is 83.4 Å². The van der Waals surface area contributed by atoms with Crippen LogP contribution in [0, 0.1) is 13.8 Å². The quantitative estimate of drug-likeness (QED) is 0.232. The number of nitrogens with zero attached hydrogens (tertiary/aromatic N) is 2. The lowest BCUT2D eigenvalue weighted by Crippen LogP contribution is -2.54. The van der Waals surface area contributed by atoms with E-state index in [1.165, 1.54) is 4.90 Å². The molecule has 1 fully saturated rings. The highest BCUT2D eigenvalue weighted by Crippen LogP contribution is 2.27. The zero-order chi connectivity index (χ0) is 26.1. The average Bonchev–Trinajstić information content (AvgIpc) is 3.21. The Balaban J connectivity index is 1.49. The van der Waals surface area contributed by atoms with E-state index in [4.69, 9.17) is 12.2 Å². The maximum absolute atomic E-state index is 13.5. The number of benzene rings is 3. The van der Waals surface area contributed by atoms with Crippen LogP contribution in [-0.4, -0.2) is 27.4 Å². The van der Waals surface area contributed by atoms with Gasteiger partial charge in [-0.2, -0.15) is 0 Å². The minimum absolute atomic E-state index is 0.0374. The van der Waals surface area contributed by atoms with Crippen LogP contribution in [0.2, 0.25) is 0 Å². The molecule has 1 aliphatic heterocycles. The Morgan fingerprint density at radius 2 is 1.70 bits per heavy atom. The average molecular weight is 509 g/mol. The molecule has 0 atom stereocenters. The summed E-state index contributed by atoms with van der Waals surface area (Å²) < 4.78 is 1.80. The highest BCUT2D eigenvalue weighted by atomic mass is 32.1. The number of thiocarbonyl (C=S) groups is 1. The Morgan fingerprint density at radius 3 is 2.46 bits per heavy atom. The molecule has 4 aromatic rings. The molecule has 3 amide bonds. The third kappa shape index (κ3) is 4.79. The lowest BCUT2D eigenvalue weighted by molar-refractivity contribution is -0.122. The molecule has 0 aliphatic carbocycles. The van der Waals surface area contributed by atoms with E-state index < -0.39 is 11.8 Å². The van der Waals surface area contributed by atoms with Gasteiger partial charge in [0.1, 0.15) is 12.1 Å². The number of amides is 3. The van der Waals surface area contributed by atoms with Crippen LogP contribution in [-0.2, 0) is 20.9 Å². The molecule has 0 spiro atoms. The summed E-state index contributed by atoms with van der Waals surface area (Å²) in [6.07, 6.45) is 3.33. The molecule has 5 rings (SSSR count). The fraction of sp³-hybridized carbons (Fsp3) is 0.103. The number of para-hydroxylation sites is 2. The smallest absolute Gasteiger partial charge is 0.270 e. The molecule has 1 aliphatic rings. The molecule has 1 aromatic heterocycles. The van der Waals surface area contributed by atoms with Crippen LogP contribution in [0.1, 0.15) is 16.7 Å². The summed E-state index contributed by atoms with van der Waals surface area (Å²) in [5.74, 6) is -1.26. The van der Waals surface area contributed by atoms with Gasteiger partial charge in [-0.3, -0.25) is 24.6 Å². The van der Waals surface area contributed by atoms with Gasteiger partial charge in [0.05, 0.1) is 5.69 Å². The predicted octanol–water partition coefficient (Wildman–Crippen LogP) is 4.73. The zero-order valence-electron chi connectivity index (χ0n) is 20.3. The second-order valence-electron chi connectivity index (χ2n) is 8.87. The molecule has 1 saturated heterocycles. The summed E-state index contributed by atoms with van der Waals surface area (Å²) in [6.45, 7) is 4.00. The molecule has 8 heteroatoms. The van der Waals surface area contributed by atoms with Gasteiger partial charge in [0.25, 0.3) is 11.8 Å². The van der Waals surface area contributed by atoms with Crippen LogP contribution < -0.4 is 15.5 Å². The molecule has 0 radical (unpaired) electrons.